The summed E-state index contributed by atoms with van der Waals surface area (Å²) in [6.45, 7) is 1.97. The van der Waals surface area contributed by atoms with Crippen molar-refractivity contribution in [1.29, 1.82) is 0 Å². The summed E-state index contributed by atoms with van der Waals surface area (Å²) < 4.78 is 39.7. The summed E-state index contributed by atoms with van der Waals surface area (Å²) in [5, 5.41) is 3.40. The van der Waals surface area contributed by atoms with Crippen molar-refractivity contribution in [2.75, 3.05) is 51.7 Å². The lowest BCUT2D eigenvalue weighted by atomic mass is 10.1. The lowest BCUT2D eigenvalue weighted by Gasteiger charge is -2.34. The number of hydroxylamine groups is 1. The van der Waals surface area contributed by atoms with E-state index >= 15 is 0 Å². The number of carbonyl (C=O) groups is 1. The molecule has 4 aromatic rings. The number of anilines is 2. The molecule has 10 nitrogen and oxygen atoms in total. The van der Waals surface area contributed by atoms with Crippen LogP contribution in [-0.4, -0.2) is 82.8 Å². The van der Waals surface area contributed by atoms with Gasteiger partial charge in [0.25, 0.3) is 5.91 Å². The van der Waals surface area contributed by atoms with Crippen molar-refractivity contribution in [2.45, 2.75) is 31.9 Å². The topological polar surface area (TPSA) is 105 Å². The molecule has 0 bridgehead atoms. The van der Waals surface area contributed by atoms with Crippen molar-refractivity contribution in [3.05, 3.63) is 87.3 Å². The van der Waals surface area contributed by atoms with Gasteiger partial charge >= 0.3 is 6.18 Å². The van der Waals surface area contributed by atoms with Gasteiger partial charge in [-0.25, -0.2) is 10.5 Å². The number of hydrogen-bond donors (Lipinski definition) is 2. The van der Waals surface area contributed by atoms with E-state index in [-0.39, 0.29) is 16.9 Å². The normalized spacial score (nSPS) is 15.7. The Balaban J connectivity index is 1.18. The van der Waals surface area contributed by atoms with Crippen molar-refractivity contribution in [3.63, 3.8) is 0 Å². The first kappa shape index (κ1) is 30.7. The number of nitrogens with zero attached hydrogens (tertiary/aromatic N) is 5. The molecule has 2 aromatic heterocycles. The summed E-state index contributed by atoms with van der Waals surface area (Å²) >= 11 is 0. The van der Waals surface area contributed by atoms with E-state index in [9.17, 15) is 22.8 Å². The van der Waals surface area contributed by atoms with E-state index < -0.39 is 24.1 Å². The highest BCUT2D eigenvalue weighted by Gasteiger charge is 2.32. The van der Waals surface area contributed by atoms with Gasteiger partial charge in [-0.15, -0.1) is 0 Å². The maximum atomic E-state index is 13.3. The Hall–Kier alpha value is -4.33. The summed E-state index contributed by atoms with van der Waals surface area (Å²) in [6.07, 6.45) is 2.60. The third kappa shape index (κ3) is 7.16. The summed E-state index contributed by atoms with van der Waals surface area (Å²) in [6, 6.07) is 13.9. The molecule has 236 valence electrons. The quantitative estimate of drug-likeness (QED) is 0.270. The van der Waals surface area contributed by atoms with Crippen LogP contribution in [0.25, 0.3) is 16.7 Å². The van der Waals surface area contributed by atoms with Crippen molar-refractivity contribution in [1.82, 2.24) is 29.8 Å². The molecule has 45 heavy (non-hydrogen) atoms. The van der Waals surface area contributed by atoms with E-state index in [1.807, 2.05) is 30.3 Å². The number of aromatic nitrogens is 3. The number of nitrogens with one attached hydrogen (secondary N) is 2. The van der Waals surface area contributed by atoms with Crippen molar-refractivity contribution in [3.8, 4) is 5.69 Å². The number of hydrogen-bond acceptors (Lipinski definition) is 8. The molecule has 0 radical (unpaired) electrons. The summed E-state index contributed by atoms with van der Waals surface area (Å²) in [5.41, 5.74) is 7.15. The van der Waals surface area contributed by atoms with E-state index in [0.717, 1.165) is 49.2 Å². The van der Waals surface area contributed by atoms with Crippen LogP contribution in [0.3, 0.4) is 0 Å². The molecule has 2 aliphatic rings. The Morgan fingerprint density at radius 2 is 1.73 bits per heavy atom. The Morgan fingerprint density at radius 3 is 2.47 bits per heavy atom. The number of pyridine rings is 1. The van der Waals surface area contributed by atoms with E-state index in [0.29, 0.717) is 31.8 Å². The number of fused-ring (bicyclic) bond motifs is 2. The van der Waals surface area contributed by atoms with Crippen LogP contribution in [0, 0.1) is 0 Å². The zero-order valence-corrected chi connectivity index (χ0v) is 24.9. The van der Waals surface area contributed by atoms with Gasteiger partial charge in [0, 0.05) is 56.5 Å². The van der Waals surface area contributed by atoms with Gasteiger partial charge in [-0.05, 0) is 66.6 Å². The van der Waals surface area contributed by atoms with Gasteiger partial charge in [-0.3, -0.25) is 19.3 Å². The molecule has 0 spiro atoms. The first-order chi connectivity index (χ1) is 21.7. The fourth-order valence-corrected chi connectivity index (χ4v) is 5.98. The molecule has 3 heterocycles. The lowest BCUT2D eigenvalue weighted by molar-refractivity contribution is -0.149. The number of benzene rings is 2. The van der Waals surface area contributed by atoms with Crippen molar-refractivity contribution >= 4 is 28.6 Å². The highest BCUT2D eigenvalue weighted by molar-refractivity contribution is 5.96. The average molecular weight is 622 g/mol. The van der Waals surface area contributed by atoms with Crippen LogP contribution < -0.4 is 16.2 Å². The second kappa shape index (κ2) is 13.0. The van der Waals surface area contributed by atoms with Gasteiger partial charge in [-0.1, -0.05) is 18.2 Å². The standard InChI is InChI=1S/C32H34F3N7O3/c1-45-39-30(44)27-19-42(25-10-7-22-3-2-4-23(22)17-25)29-26(28(27)43)18-36-31(38-29)37-24-8-5-21(6-9-24)11-12-40-13-15-41(16-14-40)20-32(33,34)35/h5-10,17-19H,2-4,11-16,20H2,1H3,(H,39,44)(H,36,37,38). The third-order valence-electron chi connectivity index (χ3n) is 8.34. The van der Waals surface area contributed by atoms with Gasteiger partial charge in [-0.2, -0.15) is 18.2 Å². The highest BCUT2D eigenvalue weighted by atomic mass is 19.4. The molecule has 0 unspecified atom stereocenters. The van der Waals surface area contributed by atoms with E-state index in [1.165, 1.54) is 35.5 Å². The van der Waals surface area contributed by atoms with Gasteiger partial charge in [0.05, 0.1) is 19.0 Å². The van der Waals surface area contributed by atoms with Crippen LogP contribution in [-0.2, 0) is 24.1 Å². The molecule has 1 fully saturated rings. The van der Waals surface area contributed by atoms with Crippen LogP contribution in [0.1, 0.15) is 33.5 Å². The minimum atomic E-state index is -4.16. The fourth-order valence-electron chi connectivity index (χ4n) is 5.98. The summed E-state index contributed by atoms with van der Waals surface area (Å²) in [5.74, 6) is -0.374. The predicted molar refractivity (Wildman–Crippen MR) is 164 cm³/mol. The van der Waals surface area contributed by atoms with E-state index in [4.69, 9.17) is 9.82 Å². The smallest absolute Gasteiger partial charge is 0.324 e. The first-order valence-corrected chi connectivity index (χ1v) is 14.9. The number of halogens is 3. The Morgan fingerprint density at radius 1 is 1.00 bits per heavy atom. The molecule has 6 rings (SSSR count). The minimum Gasteiger partial charge on any atom is -0.324 e. The Kier molecular flexibility index (Phi) is 8.83. The summed E-state index contributed by atoms with van der Waals surface area (Å²) in [4.78, 5) is 43.4. The number of rotatable bonds is 9. The second-order valence-electron chi connectivity index (χ2n) is 11.4. The largest absolute Gasteiger partial charge is 0.401 e. The molecule has 0 atom stereocenters. The van der Waals surface area contributed by atoms with Crippen molar-refractivity contribution in [2.24, 2.45) is 0 Å². The molecule has 0 saturated carbocycles. The molecule has 2 aromatic carbocycles. The number of alkyl halides is 3. The number of carbonyl (C=O) groups excluding carboxylic acids is 1. The van der Waals surface area contributed by atoms with E-state index in [2.05, 4.69) is 32.8 Å². The van der Waals surface area contributed by atoms with E-state index in [1.54, 1.807) is 4.57 Å². The van der Waals surface area contributed by atoms with Gasteiger partial charge in [0.2, 0.25) is 11.4 Å². The number of piperazine rings is 1. The number of amides is 1. The zero-order chi connectivity index (χ0) is 31.6. The van der Waals surface area contributed by atoms with Gasteiger partial charge in [0.15, 0.2) is 5.65 Å². The fraction of sp³-hybridized carbons (Fsp3) is 0.375. The van der Waals surface area contributed by atoms with Gasteiger partial charge in [0.1, 0.15) is 5.56 Å². The van der Waals surface area contributed by atoms with Crippen LogP contribution in [0.15, 0.2) is 59.7 Å². The third-order valence-corrected chi connectivity index (χ3v) is 8.34. The van der Waals surface area contributed by atoms with Crippen molar-refractivity contribution < 1.29 is 22.8 Å². The summed E-state index contributed by atoms with van der Waals surface area (Å²) in [7, 11) is 1.30. The van der Waals surface area contributed by atoms with Gasteiger partial charge < -0.3 is 14.8 Å². The monoisotopic (exact) mass is 621 g/mol. The molecule has 1 aliphatic carbocycles. The first-order valence-electron chi connectivity index (χ1n) is 14.9. The zero-order valence-electron chi connectivity index (χ0n) is 24.9. The van der Waals surface area contributed by atoms with Crippen LogP contribution in [0.5, 0.6) is 0 Å². The molecule has 1 aliphatic heterocycles. The molecule has 1 saturated heterocycles. The maximum absolute atomic E-state index is 13.3. The molecule has 2 N–H and O–H groups in total. The maximum Gasteiger partial charge on any atom is 0.401 e. The molecular weight excluding hydrogens is 587 g/mol. The van der Waals surface area contributed by atoms with Crippen LogP contribution in [0.2, 0.25) is 0 Å². The average Bonchev–Trinajstić information content (AvgIpc) is 3.49. The minimum absolute atomic E-state index is 0.0899. The van der Waals surface area contributed by atoms with Crippen LogP contribution >= 0.6 is 0 Å². The second-order valence-corrected chi connectivity index (χ2v) is 11.4. The predicted octanol–water partition coefficient (Wildman–Crippen LogP) is 4.03. The molecule has 13 heteroatoms. The SMILES string of the molecule is CONC(=O)c1cn(-c2ccc3c(c2)CCC3)c2nc(Nc3ccc(CCN4CCN(CC(F)(F)F)CC4)cc3)ncc2c1=O. The Bertz CT molecular complexity index is 1750. The highest BCUT2D eigenvalue weighted by Crippen LogP contribution is 2.26. The lowest BCUT2D eigenvalue weighted by Crippen LogP contribution is -2.49. The van der Waals surface area contributed by atoms with Crippen LogP contribution in [0.4, 0.5) is 24.8 Å². The Labute approximate surface area is 257 Å². The molecule has 1 amide bonds. The molecular formula is C32H34F3N7O3. The number of aryl methyl sites for hydroxylation is 2.